The van der Waals surface area contributed by atoms with Crippen LogP contribution in [-0.2, 0) is 4.79 Å². The normalized spacial score (nSPS) is 17.9. The molecule has 1 fully saturated rings. The summed E-state index contributed by atoms with van der Waals surface area (Å²) in [6.45, 7) is 1.74. The summed E-state index contributed by atoms with van der Waals surface area (Å²) in [5.41, 5.74) is 1.31. The molecule has 0 radical (unpaired) electrons. The van der Waals surface area contributed by atoms with Crippen LogP contribution in [-0.4, -0.2) is 85.2 Å². The number of aliphatic hydroxyl groups excluding tert-OH is 1. The van der Waals surface area contributed by atoms with Crippen LogP contribution in [0.3, 0.4) is 0 Å². The lowest BCUT2D eigenvalue weighted by molar-refractivity contribution is -0.134. The van der Waals surface area contributed by atoms with E-state index in [0.29, 0.717) is 42.4 Å². The predicted molar refractivity (Wildman–Crippen MR) is 124 cm³/mol. The van der Waals surface area contributed by atoms with Gasteiger partial charge in [0.05, 0.1) is 12.1 Å². The molecule has 10 nitrogen and oxygen atoms in total. The van der Waals surface area contributed by atoms with E-state index >= 15 is 0 Å². The topological polar surface area (TPSA) is 112 Å². The minimum absolute atomic E-state index is 0.156. The summed E-state index contributed by atoms with van der Waals surface area (Å²) >= 11 is 0. The van der Waals surface area contributed by atoms with Crippen molar-refractivity contribution in [1.29, 1.82) is 0 Å². The molecule has 182 valence electrons. The number of hydrogen-bond acceptors (Lipinski definition) is 7. The van der Waals surface area contributed by atoms with Crippen LogP contribution in [0.4, 0.5) is 10.5 Å². The molecule has 10 heteroatoms. The van der Waals surface area contributed by atoms with Crippen LogP contribution in [0.1, 0.15) is 18.0 Å². The zero-order chi connectivity index (χ0) is 24.2. The Morgan fingerprint density at radius 2 is 1.97 bits per heavy atom. The monoisotopic (exact) mass is 471 g/mol. The van der Waals surface area contributed by atoms with Gasteiger partial charge in [-0.05, 0) is 36.2 Å². The van der Waals surface area contributed by atoms with Crippen LogP contribution < -0.4 is 19.1 Å². The number of rotatable bonds is 8. The summed E-state index contributed by atoms with van der Waals surface area (Å²) in [4.78, 5) is 29.4. The lowest BCUT2D eigenvalue weighted by Gasteiger charge is -2.32. The van der Waals surface area contributed by atoms with Gasteiger partial charge < -0.3 is 29.3 Å². The number of carbonyl (C=O) groups excluding carboxylic acids is 1. The smallest absolute Gasteiger partial charge is 0.411 e. The van der Waals surface area contributed by atoms with Crippen molar-refractivity contribution >= 4 is 17.7 Å². The third-order valence-electron chi connectivity index (χ3n) is 6.18. The quantitative estimate of drug-likeness (QED) is 0.603. The molecule has 2 aromatic carbocycles. The number of nitrogens with zero attached hydrogens (tertiary/aromatic N) is 3. The van der Waals surface area contributed by atoms with Crippen LogP contribution in [0.2, 0.25) is 0 Å². The first-order chi connectivity index (χ1) is 16.3. The first-order valence-electron chi connectivity index (χ1n) is 11.1. The highest BCUT2D eigenvalue weighted by molar-refractivity contribution is 5.85. The molecule has 0 bridgehead atoms. The molecule has 2 amide bonds. The number of aliphatic hydroxyl groups is 1. The summed E-state index contributed by atoms with van der Waals surface area (Å²) in [6, 6.07) is 11.9. The number of anilines is 1. The second kappa shape index (κ2) is 10.2. The van der Waals surface area contributed by atoms with E-state index in [2.05, 4.69) is 4.90 Å². The van der Waals surface area contributed by atoms with E-state index in [9.17, 15) is 19.8 Å². The van der Waals surface area contributed by atoms with Gasteiger partial charge in [-0.25, -0.2) is 4.79 Å². The third-order valence-corrected chi connectivity index (χ3v) is 6.18. The van der Waals surface area contributed by atoms with Crippen LogP contribution in [0, 0.1) is 0 Å². The second-order valence-electron chi connectivity index (χ2n) is 8.46. The van der Waals surface area contributed by atoms with Crippen molar-refractivity contribution in [2.75, 3.05) is 52.0 Å². The fourth-order valence-electron chi connectivity index (χ4n) is 4.11. The number of fused-ring (bicyclic) bond motifs is 1. The van der Waals surface area contributed by atoms with Gasteiger partial charge in [-0.2, -0.15) is 0 Å². The average molecular weight is 472 g/mol. The van der Waals surface area contributed by atoms with Crippen LogP contribution in [0.25, 0.3) is 0 Å². The molecule has 0 aromatic heterocycles. The molecule has 4 rings (SSSR count). The largest absolute Gasteiger partial charge is 0.484 e. The van der Waals surface area contributed by atoms with E-state index in [1.165, 1.54) is 7.05 Å². The molecule has 0 aliphatic carbocycles. The first-order valence-corrected chi connectivity index (χ1v) is 11.1. The number of β-amino-alcohol motifs (C(OH)–C–C–N with tert-alkyl or cyclic N) is 1. The Balaban J connectivity index is 1.50. The summed E-state index contributed by atoms with van der Waals surface area (Å²) in [5, 5.41) is 19.3. The molecule has 2 aromatic rings. The highest BCUT2D eigenvalue weighted by atomic mass is 16.7. The summed E-state index contributed by atoms with van der Waals surface area (Å²) in [5.74, 6) is 1.47. The van der Waals surface area contributed by atoms with Crippen molar-refractivity contribution in [1.82, 2.24) is 9.80 Å². The summed E-state index contributed by atoms with van der Waals surface area (Å²) < 4.78 is 16.4. The fraction of sp³-hybridized carbons (Fsp3) is 0.417. The molecular weight excluding hydrogens is 442 g/mol. The molecule has 2 atom stereocenters. The first kappa shape index (κ1) is 23.7. The molecule has 2 aliphatic heterocycles. The fourth-order valence-corrected chi connectivity index (χ4v) is 4.11. The van der Waals surface area contributed by atoms with Crippen LogP contribution >= 0.6 is 0 Å². The minimum Gasteiger partial charge on any atom is -0.484 e. The minimum atomic E-state index is -1.07. The van der Waals surface area contributed by atoms with E-state index in [1.54, 1.807) is 48.3 Å². The lowest BCUT2D eigenvalue weighted by Crippen LogP contribution is -2.41. The number of hydrogen-bond donors (Lipinski definition) is 2. The van der Waals surface area contributed by atoms with Crippen molar-refractivity contribution in [2.24, 2.45) is 0 Å². The Morgan fingerprint density at radius 1 is 1.18 bits per heavy atom. The van der Waals surface area contributed by atoms with E-state index in [4.69, 9.17) is 14.2 Å². The predicted octanol–water partition coefficient (Wildman–Crippen LogP) is 2.17. The summed E-state index contributed by atoms with van der Waals surface area (Å²) in [6.07, 6.45) is -0.780. The van der Waals surface area contributed by atoms with Crippen molar-refractivity contribution in [3.63, 3.8) is 0 Å². The van der Waals surface area contributed by atoms with Crippen molar-refractivity contribution in [3.05, 3.63) is 48.0 Å². The molecule has 2 aliphatic rings. The van der Waals surface area contributed by atoms with Crippen LogP contribution in [0.15, 0.2) is 42.5 Å². The molecule has 0 saturated carbocycles. The van der Waals surface area contributed by atoms with Crippen molar-refractivity contribution in [2.45, 2.75) is 18.6 Å². The average Bonchev–Trinajstić information content (AvgIpc) is 3.48. The number of benzene rings is 2. The van der Waals surface area contributed by atoms with Gasteiger partial charge in [-0.15, -0.1) is 0 Å². The maximum absolute atomic E-state index is 13.1. The van der Waals surface area contributed by atoms with Gasteiger partial charge >= 0.3 is 6.09 Å². The maximum atomic E-state index is 13.1. The SMILES string of the molecule is CN(C(=O)O)c1cccc([C@@H](CN2CCC(O)C2)N(C)C(=O)COc2ccc3c(c2)OCO3)c1. The van der Waals surface area contributed by atoms with E-state index in [1.807, 2.05) is 6.07 Å². The van der Waals surface area contributed by atoms with Gasteiger partial charge in [0.25, 0.3) is 5.91 Å². The second-order valence-corrected chi connectivity index (χ2v) is 8.46. The Kier molecular flexibility index (Phi) is 7.09. The lowest BCUT2D eigenvalue weighted by atomic mass is 10.0. The number of ether oxygens (including phenoxy) is 3. The Labute approximate surface area is 197 Å². The van der Waals surface area contributed by atoms with Gasteiger partial charge in [-0.3, -0.25) is 14.6 Å². The standard InChI is InChI=1S/C24H29N3O7/c1-25(24(30)31)17-5-3-4-16(10-17)20(13-27-9-8-18(28)12-27)26(2)23(29)14-32-19-6-7-21-22(11-19)34-15-33-21/h3-7,10-11,18,20,28H,8-9,12-15H2,1-2H3,(H,30,31)/t18?,20-/m1/s1. The highest BCUT2D eigenvalue weighted by Gasteiger charge is 2.29. The zero-order valence-corrected chi connectivity index (χ0v) is 19.2. The Morgan fingerprint density at radius 3 is 2.71 bits per heavy atom. The molecule has 1 unspecified atom stereocenters. The molecule has 2 heterocycles. The van der Waals surface area contributed by atoms with Gasteiger partial charge in [0.2, 0.25) is 6.79 Å². The highest BCUT2D eigenvalue weighted by Crippen LogP contribution is 2.35. The van der Waals surface area contributed by atoms with Gasteiger partial charge in [0.15, 0.2) is 18.1 Å². The number of likely N-dealkylation sites (N-methyl/N-ethyl adjacent to an activating group) is 1. The molecule has 34 heavy (non-hydrogen) atoms. The Bertz CT molecular complexity index is 1050. The number of carbonyl (C=O) groups is 2. The zero-order valence-electron chi connectivity index (χ0n) is 19.2. The third kappa shape index (κ3) is 5.35. The van der Waals surface area contributed by atoms with Gasteiger partial charge in [0.1, 0.15) is 5.75 Å². The number of carboxylic acid groups (broad SMARTS) is 1. The van der Waals surface area contributed by atoms with Crippen molar-refractivity contribution in [3.8, 4) is 17.2 Å². The number of likely N-dealkylation sites (tertiary alicyclic amines) is 1. The molecule has 2 N–H and O–H groups in total. The number of amides is 2. The summed E-state index contributed by atoms with van der Waals surface area (Å²) in [7, 11) is 3.18. The molecule has 1 saturated heterocycles. The van der Waals surface area contributed by atoms with E-state index in [0.717, 1.165) is 17.0 Å². The Hall–Kier alpha value is -3.50. The molecular formula is C24H29N3O7. The van der Waals surface area contributed by atoms with E-state index in [-0.39, 0.29) is 31.5 Å². The van der Waals surface area contributed by atoms with Gasteiger partial charge in [-0.1, -0.05) is 12.1 Å². The van der Waals surface area contributed by atoms with Crippen molar-refractivity contribution < 1.29 is 34.0 Å². The van der Waals surface area contributed by atoms with Crippen LogP contribution in [0.5, 0.6) is 17.2 Å². The van der Waals surface area contributed by atoms with E-state index < -0.39 is 6.09 Å². The van der Waals surface area contributed by atoms with Gasteiger partial charge in [0, 0.05) is 45.5 Å². The maximum Gasteiger partial charge on any atom is 0.411 e. The molecule has 0 spiro atoms.